The highest BCUT2D eigenvalue weighted by Gasteiger charge is 2.31. The Hall–Kier alpha value is -1.22. The lowest BCUT2D eigenvalue weighted by atomic mass is 9.95. The summed E-state index contributed by atoms with van der Waals surface area (Å²) in [5.74, 6) is 1.03. The second-order valence-electron chi connectivity index (χ2n) is 6.24. The monoisotopic (exact) mass is 260 g/mol. The molecule has 1 saturated heterocycles. The van der Waals surface area contributed by atoms with Crippen LogP contribution in [0.4, 0.5) is 5.69 Å². The zero-order valence-corrected chi connectivity index (χ0v) is 12.0. The van der Waals surface area contributed by atoms with Crippen LogP contribution in [0.15, 0.2) is 18.2 Å². The minimum Gasteiger partial charge on any atom is -0.486 e. The van der Waals surface area contributed by atoms with Gasteiger partial charge >= 0.3 is 0 Å². The van der Waals surface area contributed by atoms with E-state index in [1.165, 1.54) is 30.6 Å². The molecule has 104 valence electrons. The topological polar surface area (TPSA) is 24.5 Å². The number of likely N-dealkylation sites (tertiary alicyclic amines) is 1. The third-order valence-corrected chi connectivity index (χ3v) is 4.23. The summed E-state index contributed by atoms with van der Waals surface area (Å²) >= 11 is 0. The van der Waals surface area contributed by atoms with E-state index in [1.54, 1.807) is 0 Å². The molecule has 1 unspecified atom stereocenters. The van der Waals surface area contributed by atoms with E-state index < -0.39 is 0 Å². The Balaban J connectivity index is 1.75. The van der Waals surface area contributed by atoms with Crippen LogP contribution in [0.1, 0.15) is 31.7 Å². The molecule has 0 bridgehead atoms. The predicted octanol–water partition coefficient (Wildman–Crippen LogP) is 2.91. The average Bonchev–Trinajstić information content (AvgIpc) is 2.38. The molecule has 3 nitrogen and oxygen atoms in total. The van der Waals surface area contributed by atoms with Crippen molar-refractivity contribution in [1.29, 1.82) is 0 Å². The van der Waals surface area contributed by atoms with Gasteiger partial charge in [-0.2, -0.15) is 0 Å². The lowest BCUT2D eigenvalue weighted by molar-refractivity contribution is 0.0155. The Bertz CT molecular complexity index is 460. The van der Waals surface area contributed by atoms with Gasteiger partial charge in [0, 0.05) is 18.8 Å². The molecule has 2 heterocycles. The Morgan fingerprint density at radius 2 is 2.21 bits per heavy atom. The number of hydrogen-bond donors (Lipinski definition) is 1. The Morgan fingerprint density at radius 1 is 1.32 bits per heavy atom. The molecule has 2 aliphatic heterocycles. The van der Waals surface area contributed by atoms with Crippen molar-refractivity contribution in [3.63, 3.8) is 0 Å². The Labute approximate surface area is 115 Å². The highest BCUT2D eigenvalue weighted by Crippen LogP contribution is 2.31. The molecule has 1 aromatic carbocycles. The van der Waals surface area contributed by atoms with Gasteiger partial charge in [0.05, 0.1) is 0 Å². The molecule has 2 aliphatic rings. The SMILES string of the molecule is CN1CCCC(C)(Oc2ccc3c(c2)CCCN3)C1. The molecule has 19 heavy (non-hydrogen) atoms. The van der Waals surface area contributed by atoms with Crippen LogP contribution in [-0.2, 0) is 6.42 Å². The molecule has 3 rings (SSSR count). The normalized spacial score (nSPS) is 27.5. The molecule has 0 amide bonds. The second-order valence-corrected chi connectivity index (χ2v) is 6.24. The van der Waals surface area contributed by atoms with Crippen LogP contribution in [-0.4, -0.2) is 37.2 Å². The van der Waals surface area contributed by atoms with E-state index in [0.717, 1.165) is 31.7 Å². The van der Waals surface area contributed by atoms with Gasteiger partial charge in [-0.05, 0) is 70.0 Å². The largest absolute Gasteiger partial charge is 0.486 e. The number of rotatable bonds is 2. The maximum absolute atomic E-state index is 6.31. The van der Waals surface area contributed by atoms with E-state index in [0.29, 0.717) is 0 Å². The summed E-state index contributed by atoms with van der Waals surface area (Å²) in [6.45, 7) is 5.53. The fourth-order valence-electron chi connectivity index (χ4n) is 3.33. The summed E-state index contributed by atoms with van der Waals surface area (Å²) in [5, 5.41) is 3.45. The van der Waals surface area contributed by atoms with Gasteiger partial charge in [0.2, 0.25) is 0 Å². The molecule has 1 aromatic rings. The highest BCUT2D eigenvalue weighted by atomic mass is 16.5. The molecule has 1 N–H and O–H groups in total. The van der Waals surface area contributed by atoms with Gasteiger partial charge in [0.25, 0.3) is 0 Å². The van der Waals surface area contributed by atoms with E-state index >= 15 is 0 Å². The molecular weight excluding hydrogens is 236 g/mol. The Kier molecular flexibility index (Phi) is 3.40. The fraction of sp³-hybridized carbons (Fsp3) is 0.625. The van der Waals surface area contributed by atoms with Gasteiger partial charge in [0.15, 0.2) is 0 Å². The van der Waals surface area contributed by atoms with Gasteiger partial charge < -0.3 is 15.0 Å². The lowest BCUT2D eigenvalue weighted by Crippen LogP contribution is -2.48. The van der Waals surface area contributed by atoms with Crippen LogP contribution in [0, 0.1) is 0 Å². The standard InChI is InChI=1S/C16H24N2O/c1-16(8-4-10-18(2)12-16)19-14-6-7-15-13(11-14)5-3-9-17-15/h6-7,11,17H,3-5,8-10,12H2,1-2H3. The van der Waals surface area contributed by atoms with Crippen molar-refractivity contribution < 1.29 is 4.74 Å². The molecule has 0 aromatic heterocycles. The first kappa shape index (κ1) is 12.8. The summed E-state index contributed by atoms with van der Waals surface area (Å²) in [6.07, 6.45) is 4.75. The highest BCUT2D eigenvalue weighted by molar-refractivity contribution is 5.55. The molecule has 0 saturated carbocycles. The minimum absolute atomic E-state index is 0.0384. The summed E-state index contributed by atoms with van der Waals surface area (Å²) < 4.78 is 6.31. The van der Waals surface area contributed by atoms with Gasteiger partial charge in [-0.1, -0.05) is 0 Å². The van der Waals surface area contributed by atoms with Crippen molar-refractivity contribution in [2.75, 3.05) is 32.0 Å². The van der Waals surface area contributed by atoms with Crippen molar-refractivity contribution in [3.05, 3.63) is 23.8 Å². The fourth-order valence-corrected chi connectivity index (χ4v) is 3.33. The smallest absolute Gasteiger partial charge is 0.120 e. The van der Waals surface area contributed by atoms with E-state index in [9.17, 15) is 0 Å². The van der Waals surface area contributed by atoms with Gasteiger partial charge in [0.1, 0.15) is 11.4 Å². The Morgan fingerprint density at radius 3 is 3.05 bits per heavy atom. The maximum atomic E-state index is 6.31. The van der Waals surface area contributed by atoms with Crippen LogP contribution >= 0.6 is 0 Å². The number of piperidine rings is 1. The number of benzene rings is 1. The lowest BCUT2D eigenvalue weighted by Gasteiger charge is -2.39. The van der Waals surface area contributed by atoms with E-state index in [1.807, 2.05) is 0 Å². The maximum Gasteiger partial charge on any atom is 0.120 e. The van der Waals surface area contributed by atoms with Crippen molar-refractivity contribution in [1.82, 2.24) is 4.90 Å². The van der Waals surface area contributed by atoms with Gasteiger partial charge in [-0.15, -0.1) is 0 Å². The molecule has 0 radical (unpaired) electrons. The molecule has 0 aliphatic carbocycles. The van der Waals surface area contributed by atoms with Crippen LogP contribution < -0.4 is 10.1 Å². The molecule has 1 atom stereocenters. The molecule has 0 spiro atoms. The number of aryl methyl sites for hydroxylation is 1. The number of likely N-dealkylation sites (N-methyl/N-ethyl adjacent to an activating group) is 1. The third-order valence-electron chi connectivity index (χ3n) is 4.23. The number of nitrogens with zero attached hydrogens (tertiary/aromatic N) is 1. The average molecular weight is 260 g/mol. The number of nitrogens with one attached hydrogen (secondary N) is 1. The quantitative estimate of drug-likeness (QED) is 0.885. The molecule has 1 fully saturated rings. The van der Waals surface area contributed by atoms with E-state index in [4.69, 9.17) is 4.74 Å². The number of ether oxygens (including phenoxy) is 1. The van der Waals surface area contributed by atoms with Crippen LogP contribution in [0.5, 0.6) is 5.75 Å². The zero-order chi connectivity index (χ0) is 13.3. The molecular formula is C16H24N2O. The van der Waals surface area contributed by atoms with Crippen LogP contribution in [0.2, 0.25) is 0 Å². The first-order valence-corrected chi connectivity index (χ1v) is 7.39. The summed E-state index contributed by atoms with van der Waals surface area (Å²) in [6, 6.07) is 6.50. The van der Waals surface area contributed by atoms with Crippen molar-refractivity contribution in [2.24, 2.45) is 0 Å². The number of anilines is 1. The zero-order valence-electron chi connectivity index (χ0n) is 12.0. The first-order valence-electron chi connectivity index (χ1n) is 7.39. The van der Waals surface area contributed by atoms with Gasteiger partial charge in [-0.25, -0.2) is 0 Å². The van der Waals surface area contributed by atoms with Gasteiger partial charge in [-0.3, -0.25) is 0 Å². The number of fused-ring (bicyclic) bond motifs is 1. The van der Waals surface area contributed by atoms with Crippen LogP contribution in [0.3, 0.4) is 0 Å². The second kappa shape index (κ2) is 5.04. The summed E-state index contributed by atoms with van der Waals surface area (Å²) in [7, 11) is 2.18. The molecule has 3 heteroatoms. The number of hydrogen-bond acceptors (Lipinski definition) is 3. The van der Waals surface area contributed by atoms with Crippen molar-refractivity contribution >= 4 is 5.69 Å². The van der Waals surface area contributed by atoms with Crippen molar-refractivity contribution in [3.8, 4) is 5.75 Å². The predicted molar refractivity (Wildman–Crippen MR) is 79.0 cm³/mol. The summed E-state index contributed by atoms with van der Waals surface area (Å²) in [4.78, 5) is 2.36. The summed E-state index contributed by atoms with van der Waals surface area (Å²) in [5.41, 5.74) is 2.64. The van der Waals surface area contributed by atoms with Crippen LogP contribution in [0.25, 0.3) is 0 Å². The van der Waals surface area contributed by atoms with E-state index in [2.05, 4.69) is 42.4 Å². The van der Waals surface area contributed by atoms with Crippen molar-refractivity contribution in [2.45, 2.75) is 38.2 Å². The minimum atomic E-state index is -0.0384. The third kappa shape index (κ3) is 2.86. The van der Waals surface area contributed by atoms with E-state index in [-0.39, 0.29) is 5.60 Å². The first-order chi connectivity index (χ1) is 9.15.